The predicted octanol–water partition coefficient (Wildman–Crippen LogP) is 6.33. The minimum atomic E-state index is -0.0386. The van der Waals surface area contributed by atoms with Crippen molar-refractivity contribution in [1.29, 1.82) is 0 Å². The number of nitrogens with zero attached hydrogens (tertiary/aromatic N) is 1. The Bertz CT molecular complexity index is 630. The third-order valence-corrected chi connectivity index (χ3v) is 6.99. The van der Waals surface area contributed by atoms with E-state index in [4.69, 9.17) is 0 Å². The van der Waals surface area contributed by atoms with Gasteiger partial charge in [0.2, 0.25) is 5.91 Å². The maximum Gasteiger partial charge on any atom is 0.236 e. The van der Waals surface area contributed by atoms with Gasteiger partial charge in [0.25, 0.3) is 0 Å². The van der Waals surface area contributed by atoms with Crippen LogP contribution < -0.4 is 0 Å². The zero-order valence-corrected chi connectivity index (χ0v) is 16.0. The maximum atomic E-state index is 13.4. The average Bonchev–Trinajstić information content (AvgIpc) is 3.06. The van der Waals surface area contributed by atoms with E-state index in [1.54, 1.807) is 0 Å². The van der Waals surface area contributed by atoms with Gasteiger partial charge in [0.1, 0.15) is 0 Å². The van der Waals surface area contributed by atoms with Gasteiger partial charge in [0.05, 0.1) is 5.41 Å². The van der Waals surface area contributed by atoms with Gasteiger partial charge < -0.3 is 0 Å². The fourth-order valence-electron chi connectivity index (χ4n) is 6.31. The van der Waals surface area contributed by atoms with E-state index in [1.807, 2.05) is 10.8 Å². The van der Waals surface area contributed by atoms with Crippen LogP contribution in [-0.2, 0) is 0 Å². The summed E-state index contributed by atoms with van der Waals surface area (Å²) in [5, 5.41) is 0. The van der Waals surface area contributed by atoms with E-state index >= 15 is 0 Å². The molecule has 1 aromatic heterocycles. The highest BCUT2D eigenvalue weighted by molar-refractivity contribution is 5.86. The first-order chi connectivity index (χ1) is 12.1. The Morgan fingerprint density at radius 2 is 1.76 bits per heavy atom. The summed E-state index contributed by atoms with van der Waals surface area (Å²) in [4.78, 5) is 13.4. The van der Waals surface area contributed by atoms with Crippen molar-refractivity contribution in [3.63, 3.8) is 0 Å². The SMILES string of the molecule is CCC/C=C(\CCC)c1ccn(C(=O)C23CC4CC(CC(C4)C2)C3)c1. The van der Waals surface area contributed by atoms with Crippen LogP contribution in [0.5, 0.6) is 0 Å². The molecule has 0 atom stereocenters. The summed E-state index contributed by atoms with van der Waals surface area (Å²) in [6, 6.07) is 2.16. The minimum absolute atomic E-state index is 0.0386. The fourth-order valence-corrected chi connectivity index (χ4v) is 6.31. The van der Waals surface area contributed by atoms with Crippen molar-refractivity contribution in [2.45, 2.75) is 78.1 Å². The summed E-state index contributed by atoms with van der Waals surface area (Å²) in [7, 11) is 0. The standard InChI is InChI=1S/C23H33NO/c1-3-5-7-20(6-4-2)21-8-9-24(16-21)22(25)23-13-17-10-18(14-23)12-19(11-17)15-23/h7-9,16-19H,3-6,10-15H2,1-2H3/b20-7+. The molecule has 2 heteroatoms. The number of aromatic nitrogens is 1. The van der Waals surface area contributed by atoms with Crippen molar-refractivity contribution in [3.8, 4) is 0 Å². The number of unbranched alkanes of at least 4 members (excludes halogenated alkanes) is 1. The fraction of sp³-hybridized carbons (Fsp3) is 0.696. The van der Waals surface area contributed by atoms with E-state index in [2.05, 4.69) is 32.2 Å². The summed E-state index contributed by atoms with van der Waals surface area (Å²) < 4.78 is 1.94. The molecular weight excluding hydrogens is 306 g/mol. The second-order valence-electron chi connectivity index (χ2n) is 9.08. The normalized spacial score (nSPS) is 33.8. The zero-order valence-electron chi connectivity index (χ0n) is 16.0. The zero-order chi connectivity index (χ0) is 17.4. The largest absolute Gasteiger partial charge is 0.294 e. The Labute approximate surface area is 152 Å². The number of rotatable bonds is 6. The smallest absolute Gasteiger partial charge is 0.236 e. The first kappa shape index (κ1) is 17.1. The van der Waals surface area contributed by atoms with Crippen molar-refractivity contribution in [3.05, 3.63) is 30.1 Å². The van der Waals surface area contributed by atoms with E-state index < -0.39 is 0 Å². The van der Waals surface area contributed by atoms with Crippen molar-refractivity contribution in [1.82, 2.24) is 4.57 Å². The maximum absolute atomic E-state index is 13.4. The predicted molar refractivity (Wildman–Crippen MR) is 103 cm³/mol. The number of carbonyl (C=O) groups is 1. The Kier molecular flexibility index (Phi) is 4.64. The molecule has 0 spiro atoms. The van der Waals surface area contributed by atoms with E-state index in [0.29, 0.717) is 5.91 Å². The number of allylic oxidation sites excluding steroid dienone is 2. The second-order valence-corrected chi connectivity index (χ2v) is 9.08. The van der Waals surface area contributed by atoms with Crippen LogP contribution in [0.2, 0.25) is 0 Å². The third-order valence-electron chi connectivity index (χ3n) is 6.99. The molecule has 136 valence electrons. The summed E-state index contributed by atoms with van der Waals surface area (Å²) >= 11 is 0. The molecular formula is C23H33NO. The van der Waals surface area contributed by atoms with Gasteiger partial charge in [-0.1, -0.05) is 32.8 Å². The lowest BCUT2D eigenvalue weighted by atomic mass is 9.49. The Morgan fingerprint density at radius 1 is 1.12 bits per heavy atom. The lowest BCUT2D eigenvalue weighted by molar-refractivity contribution is -0.0400. The van der Waals surface area contributed by atoms with E-state index in [1.165, 1.54) is 36.8 Å². The molecule has 4 fully saturated rings. The van der Waals surface area contributed by atoms with Gasteiger partial charge in [0.15, 0.2) is 0 Å². The van der Waals surface area contributed by atoms with Gasteiger partial charge in [-0.05, 0) is 86.3 Å². The summed E-state index contributed by atoms with van der Waals surface area (Å²) in [6.45, 7) is 4.46. The first-order valence-electron chi connectivity index (χ1n) is 10.6. The Hall–Kier alpha value is -1.31. The van der Waals surface area contributed by atoms with Crippen molar-refractivity contribution >= 4 is 11.5 Å². The molecule has 0 saturated heterocycles. The molecule has 2 nitrogen and oxygen atoms in total. The molecule has 4 aliphatic carbocycles. The molecule has 0 aliphatic heterocycles. The van der Waals surface area contributed by atoms with Gasteiger partial charge in [-0.25, -0.2) is 0 Å². The highest BCUT2D eigenvalue weighted by Crippen LogP contribution is 2.60. The average molecular weight is 340 g/mol. The number of hydrogen-bond donors (Lipinski definition) is 0. The number of hydrogen-bond acceptors (Lipinski definition) is 1. The highest BCUT2D eigenvalue weighted by atomic mass is 16.2. The van der Waals surface area contributed by atoms with E-state index in [0.717, 1.165) is 56.3 Å². The minimum Gasteiger partial charge on any atom is -0.294 e. The second kappa shape index (κ2) is 6.78. The van der Waals surface area contributed by atoms with Crippen LogP contribution >= 0.6 is 0 Å². The molecule has 0 radical (unpaired) electrons. The van der Waals surface area contributed by atoms with Gasteiger partial charge in [0, 0.05) is 12.4 Å². The Balaban J connectivity index is 1.56. The molecule has 5 rings (SSSR count). The lowest BCUT2D eigenvalue weighted by Crippen LogP contribution is -2.51. The van der Waals surface area contributed by atoms with Gasteiger partial charge in [-0.3, -0.25) is 9.36 Å². The first-order valence-corrected chi connectivity index (χ1v) is 10.6. The molecule has 0 N–H and O–H groups in total. The van der Waals surface area contributed by atoms with Gasteiger partial charge >= 0.3 is 0 Å². The van der Waals surface area contributed by atoms with E-state index in [9.17, 15) is 4.79 Å². The van der Waals surface area contributed by atoms with Crippen LogP contribution in [0.25, 0.3) is 5.57 Å². The van der Waals surface area contributed by atoms with Crippen LogP contribution in [0, 0.1) is 23.2 Å². The van der Waals surface area contributed by atoms with Crippen molar-refractivity contribution in [2.24, 2.45) is 23.2 Å². The molecule has 0 amide bonds. The summed E-state index contributed by atoms with van der Waals surface area (Å²) in [6.07, 6.45) is 18.7. The summed E-state index contributed by atoms with van der Waals surface area (Å²) in [5.74, 6) is 2.87. The van der Waals surface area contributed by atoms with Crippen molar-refractivity contribution < 1.29 is 4.79 Å². The monoisotopic (exact) mass is 339 g/mol. The molecule has 0 unspecified atom stereocenters. The topological polar surface area (TPSA) is 22.0 Å². The summed E-state index contributed by atoms with van der Waals surface area (Å²) in [5.41, 5.74) is 2.64. The molecule has 0 aromatic carbocycles. The molecule has 4 bridgehead atoms. The molecule has 1 aromatic rings. The van der Waals surface area contributed by atoms with Crippen molar-refractivity contribution in [2.75, 3.05) is 0 Å². The van der Waals surface area contributed by atoms with Crippen LogP contribution in [0.3, 0.4) is 0 Å². The van der Waals surface area contributed by atoms with Gasteiger partial charge in [-0.15, -0.1) is 0 Å². The molecule has 4 saturated carbocycles. The van der Waals surface area contributed by atoms with E-state index in [-0.39, 0.29) is 5.41 Å². The lowest BCUT2D eigenvalue weighted by Gasteiger charge is -2.55. The molecule has 1 heterocycles. The van der Waals surface area contributed by atoms with Crippen LogP contribution in [0.15, 0.2) is 24.5 Å². The Morgan fingerprint density at radius 3 is 2.32 bits per heavy atom. The number of carbonyl (C=O) groups excluding carboxylic acids is 1. The third kappa shape index (κ3) is 3.13. The molecule has 4 aliphatic rings. The van der Waals surface area contributed by atoms with Crippen LogP contribution in [-0.4, -0.2) is 10.5 Å². The van der Waals surface area contributed by atoms with Crippen LogP contribution in [0.1, 0.15) is 88.4 Å². The van der Waals surface area contributed by atoms with Gasteiger partial charge in [-0.2, -0.15) is 0 Å². The highest BCUT2D eigenvalue weighted by Gasteiger charge is 2.54. The molecule has 25 heavy (non-hydrogen) atoms. The quantitative estimate of drug-likeness (QED) is 0.593. The van der Waals surface area contributed by atoms with Crippen LogP contribution in [0.4, 0.5) is 0 Å².